The summed E-state index contributed by atoms with van der Waals surface area (Å²) < 4.78 is 28.5. The zero-order valence-electron chi connectivity index (χ0n) is 11.1. The van der Waals surface area contributed by atoms with Gasteiger partial charge in [-0.1, -0.05) is 51.3 Å². The van der Waals surface area contributed by atoms with E-state index >= 15 is 0 Å². The lowest BCUT2D eigenvalue weighted by Crippen LogP contribution is -2.21. The van der Waals surface area contributed by atoms with Crippen LogP contribution in [0.15, 0.2) is 34.8 Å². The first-order valence-electron chi connectivity index (χ1n) is 6.18. The molecule has 21 heavy (non-hydrogen) atoms. The molecule has 0 fully saturated rings. The Balaban J connectivity index is 2.39. The minimum Gasteiger partial charge on any atom is -0.313 e. The molecule has 0 radical (unpaired) electrons. The summed E-state index contributed by atoms with van der Waals surface area (Å²) in [5.41, 5.74) is 0.710. The van der Waals surface area contributed by atoms with E-state index < -0.39 is 17.7 Å². The molecule has 0 amide bonds. The average Bonchev–Trinajstić information content (AvgIpc) is 2.41. The molecule has 2 aromatic rings. The van der Waals surface area contributed by atoms with E-state index in [1.807, 2.05) is 0 Å². The topological polar surface area (TPSA) is 12.0 Å². The summed E-state index contributed by atoms with van der Waals surface area (Å²) in [7, 11) is 1.64. The minimum absolute atomic E-state index is 0.0169. The molecule has 1 atom stereocenters. The van der Waals surface area contributed by atoms with E-state index in [1.54, 1.807) is 25.2 Å². The van der Waals surface area contributed by atoms with E-state index in [1.165, 1.54) is 12.1 Å². The molecule has 2 aromatic carbocycles. The molecular formula is C15H12BrCl2F2N. The first kappa shape index (κ1) is 16.7. The molecule has 0 heterocycles. The van der Waals surface area contributed by atoms with Gasteiger partial charge in [0.2, 0.25) is 0 Å². The summed E-state index contributed by atoms with van der Waals surface area (Å²) in [4.78, 5) is 0. The second-order valence-corrected chi connectivity index (χ2v) is 6.24. The molecular weight excluding hydrogens is 383 g/mol. The Bertz CT molecular complexity index is 641. The molecule has 6 heteroatoms. The SMILES string of the molecule is CNC(Cc1cccc(Cl)c1Cl)c1c(F)cc(Br)cc1F. The van der Waals surface area contributed by atoms with Crippen molar-refractivity contribution in [2.45, 2.75) is 12.5 Å². The van der Waals surface area contributed by atoms with Crippen LogP contribution in [0.4, 0.5) is 8.78 Å². The lowest BCUT2D eigenvalue weighted by Gasteiger charge is -2.19. The predicted molar refractivity (Wildman–Crippen MR) is 86.0 cm³/mol. The molecule has 0 aliphatic carbocycles. The Morgan fingerprint density at radius 2 is 1.81 bits per heavy atom. The van der Waals surface area contributed by atoms with Crippen LogP contribution in [0.25, 0.3) is 0 Å². The molecule has 0 bridgehead atoms. The van der Waals surface area contributed by atoms with E-state index in [-0.39, 0.29) is 5.56 Å². The zero-order valence-corrected chi connectivity index (χ0v) is 14.2. The summed E-state index contributed by atoms with van der Waals surface area (Å²) in [6.45, 7) is 0. The van der Waals surface area contributed by atoms with Crippen molar-refractivity contribution >= 4 is 39.1 Å². The standard InChI is InChI=1S/C15H12BrCl2F2N/c1-21-13(5-8-3-2-4-10(17)15(8)18)14-11(19)6-9(16)7-12(14)20/h2-4,6-7,13,21H,5H2,1H3. The molecule has 1 nitrogen and oxygen atoms in total. The van der Waals surface area contributed by atoms with Gasteiger partial charge in [-0.15, -0.1) is 0 Å². The Hall–Kier alpha value is -0.680. The minimum atomic E-state index is -0.612. The van der Waals surface area contributed by atoms with Crippen molar-refractivity contribution in [2.24, 2.45) is 0 Å². The van der Waals surface area contributed by atoms with E-state index in [9.17, 15) is 8.78 Å². The Morgan fingerprint density at radius 3 is 2.38 bits per heavy atom. The molecule has 0 aliphatic heterocycles. The van der Waals surface area contributed by atoms with E-state index in [0.29, 0.717) is 20.9 Å². The maximum absolute atomic E-state index is 14.1. The molecule has 0 saturated heterocycles. The fraction of sp³-hybridized carbons (Fsp3) is 0.200. The van der Waals surface area contributed by atoms with Gasteiger partial charge in [-0.25, -0.2) is 8.78 Å². The van der Waals surface area contributed by atoms with Gasteiger partial charge in [0.15, 0.2) is 0 Å². The van der Waals surface area contributed by atoms with Gasteiger partial charge in [0.25, 0.3) is 0 Å². The monoisotopic (exact) mass is 393 g/mol. The Morgan fingerprint density at radius 1 is 1.19 bits per heavy atom. The highest BCUT2D eigenvalue weighted by Gasteiger charge is 2.21. The average molecular weight is 395 g/mol. The van der Waals surface area contributed by atoms with Crippen LogP contribution < -0.4 is 5.32 Å². The number of hydrogen-bond acceptors (Lipinski definition) is 1. The quantitative estimate of drug-likeness (QED) is 0.718. The summed E-state index contributed by atoms with van der Waals surface area (Å²) in [6, 6.07) is 7.14. The third kappa shape index (κ3) is 3.75. The molecule has 0 aliphatic rings. The van der Waals surface area contributed by atoms with Crippen LogP contribution >= 0.6 is 39.1 Å². The second-order valence-electron chi connectivity index (χ2n) is 4.54. The fourth-order valence-corrected chi connectivity index (χ4v) is 2.96. The van der Waals surface area contributed by atoms with Gasteiger partial charge >= 0.3 is 0 Å². The first-order valence-corrected chi connectivity index (χ1v) is 7.73. The molecule has 0 spiro atoms. The Labute approximate surface area is 140 Å². The number of benzene rings is 2. The van der Waals surface area contributed by atoms with Gasteiger partial charge in [-0.2, -0.15) is 0 Å². The van der Waals surface area contributed by atoms with Crippen molar-refractivity contribution < 1.29 is 8.78 Å². The van der Waals surface area contributed by atoms with Crippen molar-refractivity contribution in [3.63, 3.8) is 0 Å². The summed E-state index contributed by atoms with van der Waals surface area (Å²) in [6.07, 6.45) is 0.325. The van der Waals surface area contributed by atoms with Crippen molar-refractivity contribution in [1.29, 1.82) is 0 Å². The third-order valence-electron chi connectivity index (χ3n) is 3.20. The van der Waals surface area contributed by atoms with Crippen molar-refractivity contribution in [1.82, 2.24) is 5.32 Å². The molecule has 1 N–H and O–H groups in total. The van der Waals surface area contributed by atoms with Crippen LogP contribution in [0.3, 0.4) is 0 Å². The largest absolute Gasteiger partial charge is 0.313 e. The molecule has 2 rings (SSSR count). The van der Waals surface area contributed by atoms with E-state index in [2.05, 4.69) is 21.2 Å². The number of hydrogen-bond donors (Lipinski definition) is 1. The van der Waals surface area contributed by atoms with Crippen LogP contribution in [-0.2, 0) is 6.42 Å². The summed E-state index contributed by atoms with van der Waals surface area (Å²) in [5, 5.41) is 3.74. The summed E-state index contributed by atoms with van der Waals surface area (Å²) >= 11 is 15.2. The number of likely N-dealkylation sites (N-methyl/N-ethyl adjacent to an activating group) is 1. The number of nitrogens with one attached hydrogen (secondary N) is 1. The normalized spacial score (nSPS) is 12.5. The number of rotatable bonds is 4. The van der Waals surface area contributed by atoms with Gasteiger partial charge in [-0.05, 0) is 37.2 Å². The maximum Gasteiger partial charge on any atom is 0.132 e. The molecule has 112 valence electrons. The first-order chi connectivity index (χ1) is 9.93. The van der Waals surface area contributed by atoms with Gasteiger partial charge in [0.1, 0.15) is 11.6 Å². The smallest absolute Gasteiger partial charge is 0.132 e. The van der Waals surface area contributed by atoms with Gasteiger partial charge in [-0.3, -0.25) is 0 Å². The number of halogens is 5. The third-order valence-corrected chi connectivity index (χ3v) is 4.51. The van der Waals surface area contributed by atoms with Gasteiger partial charge in [0, 0.05) is 16.1 Å². The van der Waals surface area contributed by atoms with E-state index in [4.69, 9.17) is 23.2 Å². The van der Waals surface area contributed by atoms with Crippen LogP contribution in [0.1, 0.15) is 17.2 Å². The highest BCUT2D eigenvalue weighted by molar-refractivity contribution is 9.10. The zero-order chi connectivity index (χ0) is 15.6. The van der Waals surface area contributed by atoms with Crippen LogP contribution in [0, 0.1) is 11.6 Å². The maximum atomic E-state index is 14.1. The van der Waals surface area contributed by atoms with Crippen molar-refractivity contribution in [3.8, 4) is 0 Å². The van der Waals surface area contributed by atoms with Crippen LogP contribution in [-0.4, -0.2) is 7.05 Å². The lowest BCUT2D eigenvalue weighted by molar-refractivity contribution is 0.488. The fourth-order valence-electron chi connectivity index (χ4n) is 2.16. The van der Waals surface area contributed by atoms with Gasteiger partial charge < -0.3 is 5.32 Å². The van der Waals surface area contributed by atoms with Gasteiger partial charge in [0.05, 0.1) is 10.0 Å². The van der Waals surface area contributed by atoms with Crippen molar-refractivity contribution in [3.05, 3.63) is 67.6 Å². The molecule has 1 unspecified atom stereocenters. The van der Waals surface area contributed by atoms with E-state index in [0.717, 1.165) is 5.56 Å². The summed E-state index contributed by atoms with van der Waals surface area (Å²) in [5.74, 6) is -1.22. The highest BCUT2D eigenvalue weighted by atomic mass is 79.9. The lowest BCUT2D eigenvalue weighted by atomic mass is 9.98. The second kappa shape index (κ2) is 7.05. The highest BCUT2D eigenvalue weighted by Crippen LogP contribution is 2.31. The van der Waals surface area contributed by atoms with Crippen LogP contribution in [0.5, 0.6) is 0 Å². The predicted octanol–water partition coefficient (Wildman–Crippen LogP) is 5.54. The Kier molecular flexibility index (Phi) is 5.60. The molecule has 0 aromatic heterocycles. The molecule has 0 saturated carbocycles. The van der Waals surface area contributed by atoms with Crippen molar-refractivity contribution in [2.75, 3.05) is 7.05 Å². The van der Waals surface area contributed by atoms with Crippen LogP contribution in [0.2, 0.25) is 10.0 Å².